The summed E-state index contributed by atoms with van der Waals surface area (Å²) in [6.07, 6.45) is 11.1. The van der Waals surface area contributed by atoms with Crippen LogP contribution in [0.15, 0.2) is 30.3 Å². The van der Waals surface area contributed by atoms with Gasteiger partial charge in [-0.05, 0) is 87.5 Å². The van der Waals surface area contributed by atoms with Crippen LogP contribution in [0.1, 0.15) is 69.8 Å². The van der Waals surface area contributed by atoms with Crippen LogP contribution < -0.4 is 5.32 Å². The Labute approximate surface area is 198 Å². The Kier molecular flexibility index (Phi) is 5.72. The standard InChI is InChI=1S/C28H39N3O2/c32-26(29-24-8-11-30(12-9-24)19-20-5-2-1-3-6-20)25-7-4-10-31(25)27(33)28-16-21-13-22(17-28)15-23(14-21)18-28/h1-3,5-6,21-25H,4,7-19H2,(H,29,32). The molecule has 178 valence electrons. The highest BCUT2D eigenvalue weighted by Gasteiger charge is 2.56. The number of benzene rings is 1. The van der Waals surface area contributed by atoms with Crippen LogP contribution in [0.25, 0.3) is 0 Å². The lowest BCUT2D eigenvalue weighted by molar-refractivity contribution is -0.160. The molecule has 2 aliphatic heterocycles. The summed E-state index contributed by atoms with van der Waals surface area (Å²) in [6.45, 7) is 3.78. The van der Waals surface area contributed by atoms with Crippen LogP contribution in [0.3, 0.4) is 0 Å². The average molecular weight is 450 g/mol. The normalized spacial score (nSPS) is 36.3. The Morgan fingerprint density at radius 3 is 2.15 bits per heavy atom. The largest absolute Gasteiger partial charge is 0.351 e. The van der Waals surface area contributed by atoms with Gasteiger partial charge in [0.05, 0.1) is 5.41 Å². The molecule has 4 bridgehead atoms. The molecule has 33 heavy (non-hydrogen) atoms. The molecule has 1 aromatic carbocycles. The highest BCUT2D eigenvalue weighted by molar-refractivity contribution is 5.91. The van der Waals surface area contributed by atoms with E-state index in [0.717, 1.165) is 88.9 Å². The maximum Gasteiger partial charge on any atom is 0.243 e. The van der Waals surface area contributed by atoms with Crippen molar-refractivity contribution in [3.05, 3.63) is 35.9 Å². The van der Waals surface area contributed by atoms with E-state index < -0.39 is 0 Å². The van der Waals surface area contributed by atoms with Gasteiger partial charge < -0.3 is 10.2 Å². The number of hydrogen-bond acceptors (Lipinski definition) is 3. The molecule has 1 atom stereocenters. The van der Waals surface area contributed by atoms with Crippen molar-refractivity contribution in [2.24, 2.45) is 23.2 Å². The summed E-state index contributed by atoms with van der Waals surface area (Å²) in [5, 5.41) is 3.34. The molecule has 4 aliphatic carbocycles. The fourth-order valence-corrected chi connectivity index (χ4v) is 8.33. The molecule has 1 unspecified atom stereocenters. The molecule has 2 saturated heterocycles. The topological polar surface area (TPSA) is 52.7 Å². The van der Waals surface area contributed by atoms with Crippen LogP contribution >= 0.6 is 0 Å². The molecule has 6 fully saturated rings. The van der Waals surface area contributed by atoms with Gasteiger partial charge in [-0.1, -0.05) is 30.3 Å². The second kappa shape index (κ2) is 8.72. The summed E-state index contributed by atoms with van der Waals surface area (Å²) in [5.74, 6) is 2.72. The van der Waals surface area contributed by atoms with E-state index in [0.29, 0.717) is 5.91 Å². The quantitative estimate of drug-likeness (QED) is 0.740. The second-order valence-electron chi connectivity index (χ2n) is 11.9. The van der Waals surface area contributed by atoms with Gasteiger partial charge in [0.15, 0.2) is 0 Å². The summed E-state index contributed by atoms with van der Waals surface area (Å²) in [7, 11) is 0. The Hall–Kier alpha value is -1.88. The summed E-state index contributed by atoms with van der Waals surface area (Å²) < 4.78 is 0. The lowest BCUT2D eigenvalue weighted by Crippen LogP contribution is -2.58. The first-order chi connectivity index (χ1) is 16.1. The Morgan fingerprint density at radius 1 is 0.879 bits per heavy atom. The summed E-state index contributed by atoms with van der Waals surface area (Å²) in [4.78, 5) is 31.7. The summed E-state index contributed by atoms with van der Waals surface area (Å²) >= 11 is 0. The molecule has 4 saturated carbocycles. The highest BCUT2D eigenvalue weighted by atomic mass is 16.2. The number of likely N-dealkylation sites (tertiary alicyclic amines) is 2. The minimum Gasteiger partial charge on any atom is -0.351 e. The van der Waals surface area contributed by atoms with Gasteiger partial charge in [0, 0.05) is 32.2 Å². The predicted molar refractivity (Wildman–Crippen MR) is 128 cm³/mol. The maximum atomic E-state index is 13.9. The van der Waals surface area contributed by atoms with Gasteiger partial charge in [-0.25, -0.2) is 0 Å². The van der Waals surface area contributed by atoms with Crippen molar-refractivity contribution < 1.29 is 9.59 Å². The third kappa shape index (κ3) is 4.22. The minimum atomic E-state index is -0.243. The van der Waals surface area contributed by atoms with Gasteiger partial charge >= 0.3 is 0 Å². The third-order valence-electron chi connectivity index (χ3n) is 9.49. The molecule has 2 heterocycles. The fraction of sp³-hybridized carbons (Fsp3) is 0.714. The lowest BCUT2D eigenvalue weighted by atomic mass is 9.49. The molecule has 6 aliphatic rings. The molecule has 1 aromatic rings. The van der Waals surface area contributed by atoms with Crippen molar-refractivity contribution in [3.8, 4) is 0 Å². The number of hydrogen-bond donors (Lipinski definition) is 1. The van der Waals surface area contributed by atoms with Crippen molar-refractivity contribution in [2.45, 2.75) is 82.8 Å². The van der Waals surface area contributed by atoms with Crippen molar-refractivity contribution >= 4 is 11.8 Å². The van der Waals surface area contributed by atoms with Gasteiger partial charge in [0.1, 0.15) is 6.04 Å². The Bertz CT molecular complexity index is 841. The predicted octanol–water partition coefficient (Wildman–Crippen LogP) is 3.97. The third-order valence-corrected chi connectivity index (χ3v) is 9.49. The number of piperidine rings is 1. The average Bonchev–Trinajstić information content (AvgIpc) is 3.30. The number of nitrogens with zero attached hydrogens (tertiary/aromatic N) is 2. The van der Waals surface area contributed by atoms with Crippen molar-refractivity contribution in [2.75, 3.05) is 19.6 Å². The minimum absolute atomic E-state index is 0.104. The summed E-state index contributed by atoms with van der Waals surface area (Å²) in [5.41, 5.74) is 1.21. The Balaban J connectivity index is 1.04. The zero-order chi connectivity index (χ0) is 22.4. The molecule has 5 heteroatoms. The van der Waals surface area contributed by atoms with E-state index in [9.17, 15) is 9.59 Å². The van der Waals surface area contributed by atoms with Crippen LogP contribution in [0.4, 0.5) is 0 Å². The number of nitrogens with one attached hydrogen (secondary N) is 1. The molecular weight excluding hydrogens is 410 g/mol. The fourth-order valence-electron chi connectivity index (χ4n) is 8.33. The molecule has 1 N–H and O–H groups in total. The SMILES string of the molecule is O=C(NC1CCN(Cc2ccccc2)CC1)C1CCCN1C(=O)C12CC3CC(CC(C3)C1)C2. The Morgan fingerprint density at radius 2 is 1.52 bits per heavy atom. The molecular formula is C28H39N3O2. The van der Waals surface area contributed by atoms with E-state index in [1.807, 2.05) is 4.90 Å². The number of carbonyl (C=O) groups is 2. The van der Waals surface area contributed by atoms with E-state index in [1.54, 1.807) is 0 Å². The number of amides is 2. The van der Waals surface area contributed by atoms with Gasteiger partial charge in [-0.15, -0.1) is 0 Å². The van der Waals surface area contributed by atoms with E-state index in [2.05, 4.69) is 40.5 Å². The molecule has 5 nitrogen and oxygen atoms in total. The van der Waals surface area contributed by atoms with Crippen LogP contribution in [0.5, 0.6) is 0 Å². The van der Waals surface area contributed by atoms with Gasteiger partial charge in [-0.2, -0.15) is 0 Å². The number of rotatable bonds is 5. The molecule has 0 radical (unpaired) electrons. The van der Waals surface area contributed by atoms with Crippen molar-refractivity contribution in [1.82, 2.24) is 15.1 Å². The summed E-state index contributed by atoms with van der Waals surface area (Å²) in [6, 6.07) is 10.6. The smallest absolute Gasteiger partial charge is 0.243 e. The molecule has 7 rings (SSSR count). The molecule has 0 aromatic heterocycles. The van der Waals surface area contributed by atoms with Crippen molar-refractivity contribution in [3.63, 3.8) is 0 Å². The monoisotopic (exact) mass is 449 g/mol. The van der Waals surface area contributed by atoms with Crippen LogP contribution in [0.2, 0.25) is 0 Å². The number of carbonyl (C=O) groups excluding carboxylic acids is 2. The van der Waals surface area contributed by atoms with Gasteiger partial charge in [0.2, 0.25) is 11.8 Å². The van der Waals surface area contributed by atoms with Gasteiger partial charge in [-0.3, -0.25) is 14.5 Å². The van der Waals surface area contributed by atoms with E-state index in [-0.39, 0.29) is 23.4 Å². The van der Waals surface area contributed by atoms with E-state index in [4.69, 9.17) is 0 Å². The van der Waals surface area contributed by atoms with Crippen molar-refractivity contribution in [1.29, 1.82) is 0 Å². The maximum absolute atomic E-state index is 13.9. The first-order valence-electron chi connectivity index (χ1n) is 13.5. The van der Waals surface area contributed by atoms with E-state index >= 15 is 0 Å². The van der Waals surface area contributed by atoms with E-state index in [1.165, 1.54) is 24.8 Å². The molecule has 0 spiro atoms. The highest BCUT2D eigenvalue weighted by Crippen LogP contribution is 2.60. The van der Waals surface area contributed by atoms with Gasteiger partial charge in [0.25, 0.3) is 0 Å². The van der Waals surface area contributed by atoms with Crippen LogP contribution in [-0.4, -0.2) is 53.3 Å². The molecule has 2 amide bonds. The lowest BCUT2D eigenvalue weighted by Gasteiger charge is -2.56. The first-order valence-corrected chi connectivity index (χ1v) is 13.5. The zero-order valence-electron chi connectivity index (χ0n) is 19.9. The first kappa shape index (κ1) is 21.6. The van der Waals surface area contributed by atoms with Crippen LogP contribution in [-0.2, 0) is 16.1 Å². The zero-order valence-corrected chi connectivity index (χ0v) is 19.9. The second-order valence-corrected chi connectivity index (χ2v) is 11.9. The van der Waals surface area contributed by atoms with Crippen LogP contribution in [0, 0.1) is 23.2 Å².